The van der Waals surface area contributed by atoms with E-state index in [0.717, 1.165) is 0 Å². The molecule has 1 aromatic rings. The van der Waals surface area contributed by atoms with Crippen molar-refractivity contribution in [3.05, 3.63) is 24.3 Å². The van der Waals surface area contributed by atoms with E-state index in [4.69, 9.17) is 5.26 Å². The minimum atomic E-state index is -0.308. The monoisotopic (exact) mass is 247 g/mol. The van der Waals surface area contributed by atoms with E-state index in [2.05, 4.69) is 20.6 Å². The molecule has 2 N–H and O–H groups in total. The lowest BCUT2D eigenvalue weighted by Gasteiger charge is -2.04. The number of hydrogen-bond acceptors (Lipinski definition) is 5. The van der Waals surface area contributed by atoms with Crippen LogP contribution in [-0.4, -0.2) is 34.9 Å². The number of rotatable bonds is 6. The zero-order valence-corrected chi connectivity index (χ0v) is 9.72. The van der Waals surface area contributed by atoms with Gasteiger partial charge in [0, 0.05) is 25.5 Å². The van der Waals surface area contributed by atoms with Gasteiger partial charge in [-0.2, -0.15) is 5.26 Å². The molecule has 0 aliphatic rings. The van der Waals surface area contributed by atoms with Gasteiger partial charge in [0.25, 0.3) is 5.91 Å². The van der Waals surface area contributed by atoms with Gasteiger partial charge in [-0.1, -0.05) is 0 Å². The summed E-state index contributed by atoms with van der Waals surface area (Å²) >= 11 is 0. The number of carbonyl (C=O) groups is 2. The van der Waals surface area contributed by atoms with Gasteiger partial charge < -0.3 is 10.6 Å². The zero-order valence-electron chi connectivity index (χ0n) is 9.72. The Morgan fingerprint density at radius 2 is 2.06 bits per heavy atom. The Hall–Kier alpha value is -2.49. The first-order chi connectivity index (χ1) is 8.74. The van der Waals surface area contributed by atoms with Gasteiger partial charge in [0.15, 0.2) is 0 Å². The molecule has 7 heteroatoms. The molecule has 0 atom stereocenters. The summed E-state index contributed by atoms with van der Waals surface area (Å²) in [5, 5.41) is 13.5. The summed E-state index contributed by atoms with van der Waals surface area (Å²) in [6.07, 6.45) is 4.75. The van der Waals surface area contributed by atoms with Crippen molar-refractivity contribution < 1.29 is 9.59 Å². The molecule has 1 rings (SSSR count). The van der Waals surface area contributed by atoms with Gasteiger partial charge in [0.05, 0.1) is 12.3 Å². The molecule has 0 saturated heterocycles. The van der Waals surface area contributed by atoms with E-state index >= 15 is 0 Å². The van der Waals surface area contributed by atoms with Crippen molar-refractivity contribution in [2.24, 2.45) is 0 Å². The molecule has 18 heavy (non-hydrogen) atoms. The largest absolute Gasteiger partial charge is 0.355 e. The van der Waals surface area contributed by atoms with Gasteiger partial charge in [-0.3, -0.25) is 14.6 Å². The van der Waals surface area contributed by atoms with E-state index in [9.17, 15) is 9.59 Å². The fraction of sp³-hybridized carbons (Fsp3) is 0.364. The topological polar surface area (TPSA) is 108 Å². The smallest absolute Gasteiger partial charge is 0.271 e. The summed E-state index contributed by atoms with van der Waals surface area (Å²) < 4.78 is 0. The van der Waals surface area contributed by atoms with E-state index in [0.29, 0.717) is 19.5 Å². The Bertz CT molecular complexity index is 440. The predicted molar refractivity (Wildman–Crippen MR) is 62.2 cm³/mol. The Balaban J connectivity index is 2.14. The van der Waals surface area contributed by atoms with Gasteiger partial charge in [-0.25, -0.2) is 4.98 Å². The molecule has 1 aromatic heterocycles. The fourth-order valence-corrected chi connectivity index (χ4v) is 1.16. The molecule has 0 aliphatic heterocycles. The number of amides is 2. The molecule has 0 bridgehead atoms. The van der Waals surface area contributed by atoms with Gasteiger partial charge in [-0.05, 0) is 6.42 Å². The maximum atomic E-state index is 11.5. The van der Waals surface area contributed by atoms with Crippen molar-refractivity contribution in [3.63, 3.8) is 0 Å². The first-order valence-corrected chi connectivity index (χ1v) is 5.42. The highest BCUT2D eigenvalue weighted by molar-refractivity contribution is 5.91. The summed E-state index contributed by atoms with van der Waals surface area (Å²) in [6.45, 7) is 0.837. The zero-order chi connectivity index (χ0) is 13.2. The van der Waals surface area contributed by atoms with E-state index < -0.39 is 0 Å². The highest BCUT2D eigenvalue weighted by atomic mass is 16.2. The van der Waals surface area contributed by atoms with Crippen molar-refractivity contribution in [2.75, 3.05) is 13.1 Å². The van der Waals surface area contributed by atoms with Crippen LogP contribution in [0.4, 0.5) is 0 Å². The summed E-state index contributed by atoms with van der Waals surface area (Å²) in [4.78, 5) is 30.1. The average Bonchev–Trinajstić information content (AvgIpc) is 2.39. The molecule has 1 heterocycles. The molecule has 0 radical (unpaired) electrons. The molecule has 7 nitrogen and oxygen atoms in total. The Kier molecular flexibility index (Phi) is 5.83. The second-order valence-corrected chi connectivity index (χ2v) is 3.38. The van der Waals surface area contributed by atoms with Crippen LogP contribution in [0.3, 0.4) is 0 Å². The first kappa shape index (κ1) is 13.6. The highest BCUT2D eigenvalue weighted by Gasteiger charge is 2.05. The molecular formula is C11H13N5O2. The van der Waals surface area contributed by atoms with Crippen molar-refractivity contribution >= 4 is 11.8 Å². The number of aromatic nitrogens is 2. The SMILES string of the molecule is N#CCC(=O)NCCCNC(=O)c1cnccn1. The molecule has 0 fully saturated rings. The summed E-state index contributed by atoms with van der Waals surface area (Å²) in [7, 11) is 0. The van der Waals surface area contributed by atoms with Gasteiger partial charge in [0.1, 0.15) is 12.1 Å². The summed E-state index contributed by atoms with van der Waals surface area (Å²) in [5.74, 6) is -0.607. The lowest BCUT2D eigenvalue weighted by atomic mass is 10.3. The average molecular weight is 247 g/mol. The summed E-state index contributed by atoms with van der Waals surface area (Å²) in [5.41, 5.74) is 0.256. The molecule has 94 valence electrons. The minimum absolute atomic E-state index is 0.147. The van der Waals surface area contributed by atoms with Crippen LogP contribution in [0.15, 0.2) is 18.6 Å². The van der Waals surface area contributed by atoms with Gasteiger partial charge >= 0.3 is 0 Å². The molecular weight excluding hydrogens is 234 g/mol. The third kappa shape index (κ3) is 5.03. The van der Waals surface area contributed by atoms with E-state index in [1.807, 2.05) is 0 Å². The van der Waals surface area contributed by atoms with Crippen LogP contribution in [0.1, 0.15) is 23.3 Å². The third-order valence-electron chi connectivity index (χ3n) is 2.00. The number of nitrogens with zero attached hydrogens (tertiary/aromatic N) is 3. The first-order valence-electron chi connectivity index (χ1n) is 5.42. The fourth-order valence-electron chi connectivity index (χ4n) is 1.16. The van der Waals surface area contributed by atoms with Crippen molar-refractivity contribution in [1.82, 2.24) is 20.6 Å². The molecule has 2 amide bonds. The van der Waals surface area contributed by atoms with E-state index in [1.165, 1.54) is 18.6 Å². The predicted octanol–water partition coefficient (Wildman–Crippen LogP) is -0.374. The number of carbonyl (C=O) groups excluding carboxylic acids is 2. The Morgan fingerprint density at radius 3 is 2.72 bits per heavy atom. The van der Waals surface area contributed by atoms with Crippen LogP contribution in [0.5, 0.6) is 0 Å². The van der Waals surface area contributed by atoms with Crippen LogP contribution >= 0.6 is 0 Å². The number of nitrogens with one attached hydrogen (secondary N) is 2. The summed E-state index contributed by atoms with van der Waals surface area (Å²) in [6, 6.07) is 1.75. The van der Waals surface area contributed by atoms with Gasteiger partial charge in [0.2, 0.25) is 5.91 Å². The van der Waals surface area contributed by atoms with E-state index in [-0.39, 0.29) is 23.9 Å². The molecule has 0 aromatic carbocycles. The molecule has 0 aliphatic carbocycles. The van der Waals surface area contributed by atoms with Crippen LogP contribution in [0.25, 0.3) is 0 Å². The second-order valence-electron chi connectivity index (χ2n) is 3.38. The highest BCUT2D eigenvalue weighted by Crippen LogP contribution is 1.89. The maximum absolute atomic E-state index is 11.5. The maximum Gasteiger partial charge on any atom is 0.271 e. The Labute approximate surface area is 104 Å². The van der Waals surface area contributed by atoms with Crippen molar-refractivity contribution in [3.8, 4) is 6.07 Å². The number of hydrogen-bond donors (Lipinski definition) is 2. The van der Waals surface area contributed by atoms with Crippen molar-refractivity contribution in [1.29, 1.82) is 5.26 Å². The minimum Gasteiger partial charge on any atom is -0.355 e. The van der Waals surface area contributed by atoms with E-state index in [1.54, 1.807) is 6.07 Å². The Morgan fingerprint density at radius 1 is 1.28 bits per heavy atom. The normalized spacial score (nSPS) is 9.28. The second kappa shape index (κ2) is 7.73. The number of nitriles is 1. The van der Waals surface area contributed by atoms with Crippen LogP contribution in [0, 0.1) is 11.3 Å². The van der Waals surface area contributed by atoms with Crippen LogP contribution in [0.2, 0.25) is 0 Å². The molecule has 0 spiro atoms. The molecule has 0 saturated carbocycles. The lowest BCUT2D eigenvalue weighted by Crippen LogP contribution is -2.30. The standard InChI is InChI=1S/C11H13N5O2/c12-3-2-10(17)15-4-1-5-16-11(18)9-8-13-6-7-14-9/h6-8H,1-2,4-5H2,(H,15,17)(H,16,18). The van der Waals surface area contributed by atoms with Crippen molar-refractivity contribution in [2.45, 2.75) is 12.8 Å². The third-order valence-corrected chi connectivity index (χ3v) is 2.00. The quantitative estimate of drug-likeness (QED) is 0.666. The molecule has 0 unspecified atom stereocenters. The lowest BCUT2D eigenvalue weighted by molar-refractivity contribution is -0.120. The van der Waals surface area contributed by atoms with Crippen LogP contribution < -0.4 is 10.6 Å². The van der Waals surface area contributed by atoms with Crippen LogP contribution in [-0.2, 0) is 4.79 Å². The van der Waals surface area contributed by atoms with Gasteiger partial charge in [-0.15, -0.1) is 0 Å².